The molecule has 1 fully saturated rings. The number of hydrogen-bond donors (Lipinski definition) is 1. The highest BCUT2D eigenvalue weighted by atomic mass is 19.1. The first-order chi connectivity index (χ1) is 8.16. The molecule has 0 bridgehead atoms. The fourth-order valence-corrected chi connectivity index (χ4v) is 2.69. The van der Waals surface area contributed by atoms with Crippen molar-refractivity contribution in [2.24, 2.45) is 11.7 Å². The second-order valence-corrected chi connectivity index (χ2v) is 5.02. The van der Waals surface area contributed by atoms with E-state index < -0.39 is 0 Å². The van der Waals surface area contributed by atoms with Gasteiger partial charge in [0.1, 0.15) is 5.82 Å². The van der Waals surface area contributed by atoms with Crippen molar-refractivity contribution in [2.75, 3.05) is 19.8 Å². The fraction of sp³-hybridized carbons (Fsp3) is 0.571. The molecule has 17 heavy (non-hydrogen) atoms. The highest BCUT2D eigenvalue weighted by molar-refractivity contribution is 5.27. The maximum atomic E-state index is 13.0. The van der Waals surface area contributed by atoms with E-state index in [0.717, 1.165) is 31.6 Å². The number of hydrogen-bond acceptors (Lipinski definition) is 2. The first kappa shape index (κ1) is 12.5. The molecule has 2 N–H and O–H groups in total. The van der Waals surface area contributed by atoms with Crippen LogP contribution in [0.1, 0.15) is 25.3 Å². The fourth-order valence-electron chi connectivity index (χ4n) is 2.69. The van der Waals surface area contributed by atoms with Crippen molar-refractivity contribution >= 4 is 0 Å². The molecule has 0 amide bonds. The average molecular weight is 237 g/mol. The quantitative estimate of drug-likeness (QED) is 0.876. The van der Waals surface area contributed by atoms with Gasteiger partial charge in [-0.2, -0.15) is 0 Å². The molecule has 1 aromatic rings. The predicted octanol–water partition coefficient (Wildman–Crippen LogP) is 2.47. The van der Waals surface area contributed by atoms with Crippen LogP contribution in [0.5, 0.6) is 0 Å². The lowest BCUT2D eigenvalue weighted by Crippen LogP contribution is -2.42. The standard InChI is InChI=1S/C14H20FNO/c1-14(10-16,12-6-8-17-9-7-12)11-2-4-13(15)5-3-11/h2-5,12H,6-10,16H2,1H3. The molecule has 0 spiro atoms. The Hall–Kier alpha value is -0.930. The number of benzene rings is 1. The van der Waals surface area contributed by atoms with E-state index in [9.17, 15) is 4.39 Å². The molecule has 0 saturated carbocycles. The zero-order chi connectivity index (χ0) is 12.3. The third kappa shape index (κ3) is 2.50. The van der Waals surface area contributed by atoms with E-state index in [1.807, 2.05) is 12.1 Å². The minimum absolute atomic E-state index is 0.0719. The molecule has 94 valence electrons. The van der Waals surface area contributed by atoms with Crippen LogP contribution in [-0.2, 0) is 10.2 Å². The van der Waals surface area contributed by atoms with Crippen LogP contribution in [0.2, 0.25) is 0 Å². The molecular formula is C14H20FNO. The Morgan fingerprint density at radius 3 is 2.41 bits per heavy atom. The lowest BCUT2D eigenvalue weighted by atomic mass is 9.69. The van der Waals surface area contributed by atoms with E-state index in [4.69, 9.17) is 10.5 Å². The molecule has 2 rings (SSSR count). The van der Waals surface area contributed by atoms with Crippen LogP contribution in [0, 0.1) is 11.7 Å². The van der Waals surface area contributed by atoms with E-state index in [1.165, 1.54) is 12.1 Å². The highest BCUT2D eigenvalue weighted by Gasteiger charge is 2.35. The molecule has 1 unspecified atom stereocenters. The van der Waals surface area contributed by atoms with Crippen molar-refractivity contribution in [3.63, 3.8) is 0 Å². The predicted molar refractivity (Wildman–Crippen MR) is 66.3 cm³/mol. The summed E-state index contributed by atoms with van der Waals surface area (Å²) in [4.78, 5) is 0. The van der Waals surface area contributed by atoms with Crippen molar-refractivity contribution in [1.29, 1.82) is 0 Å². The Kier molecular flexibility index (Phi) is 3.79. The molecular weight excluding hydrogens is 217 g/mol. The largest absolute Gasteiger partial charge is 0.381 e. The van der Waals surface area contributed by atoms with Gasteiger partial charge in [-0.05, 0) is 36.5 Å². The molecule has 1 atom stereocenters. The van der Waals surface area contributed by atoms with Gasteiger partial charge in [0.25, 0.3) is 0 Å². The molecule has 0 radical (unpaired) electrons. The van der Waals surface area contributed by atoms with Gasteiger partial charge in [-0.3, -0.25) is 0 Å². The average Bonchev–Trinajstić information content (AvgIpc) is 2.40. The summed E-state index contributed by atoms with van der Waals surface area (Å²) in [5.41, 5.74) is 7.03. The number of halogens is 1. The number of rotatable bonds is 3. The summed E-state index contributed by atoms with van der Waals surface area (Å²) >= 11 is 0. The van der Waals surface area contributed by atoms with Crippen LogP contribution < -0.4 is 5.73 Å². The van der Waals surface area contributed by atoms with E-state index in [2.05, 4.69) is 6.92 Å². The van der Waals surface area contributed by atoms with Crippen LogP contribution in [0.15, 0.2) is 24.3 Å². The second kappa shape index (κ2) is 5.15. The minimum atomic E-state index is -0.194. The van der Waals surface area contributed by atoms with Gasteiger partial charge in [-0.25, -0.2) is 4.39 Å². The second-order valence-electron chi connectivity index (χ2n) is 5.02. The van der Waals surface area contributed by atoms with Crippen molar-refractivity contribution in [1.82, 2.24) is 0 Å². The Balaban J connectivity index is 2.25. The smallest absolute Gasteiger partial charge is 0.123 e. The third-order valence-corrected chi connectivity index (χ3v) is 4.05. The van der Waals surface area contributed by atoms with Gasteiger partial charge in [0.2, 0.25) is 0 Å². The zero-order valence-electron chi connectivity index (χ0n) is 10.3. The summed E-state index contributed by atoms with van der Waals surface area (Å²) in [6.45, 7) is 4.38. The van der Waals surface area contributed by atoms with Gasteiger partial charge in [0, 0.05) is 25.2 Å². The van der Waals surface area contributed by atoms with Crippen molar-refractivity contribution in [3.05, 3.63) is 35.6 Å². The molecule has 1 aliphatic rings. The van der Waals surface area contributed by atoms with Gasteiger partial charge in [-0.1, -0.05) is 19.1 Å². The van der Waals surface area contributed by atoms with Gasteiger partial charge >= 0.3 is 0 Å². The van der Waals surface area contributed by atoms with Crippen LogP contribution in [0.25, 0.3) is 0 Å². The first-order valence-electron chi connectivity index (χ1n) is 6.20. The Labute approximate surface area is 102 Å². The van der Waals surface area contributed by atoms with Gasteiger partial charge in [0.15, 0.2) is 0 Å². The summed E-state index contributed by atoms with van der Waals surface area (Å²) in [7, 11) is 0. The number of nitrogens with two attached hydrogens (primary N) is 1. The van der Waals surface area contributed by atoms with E-state index in [1.54, 1.807) is 0 Å². The monoisotopic (exact) mass is 237 g/mol. The van der Waals surface area contributed by atoms with Gasteiger partial charge in [-0.15, -0.1) is 0 Å². The van der Waals surface area contributed by atoms with Crippen LogP contribution in [-0.4, -0.2) is 19.8 Å². The van der Waals surface area contributed by atoms with Crippen molar-refractivity contribution < 1.29 is 9.13 Å². The molecule has 1 saturated heterocycles. The first-order valence-corrected chi connectivity index (χ1v) is 6.20. The summed E-state index contributed by atoms with van der Waals surface area (Å²) in [5.74, 6) is 0.326. The lowest BCUT2D eigenvalue weighted by Gasteiger charge is -2.39. The molecule has 2 nitrogen and oxygen atoms in total. The van der Waals surface area contributed by atoms with Crippen LogP contribution in [0.3, 0.4) is 0 Å². The zero-order valence-corrected chi connectivity index (χ0v) is 10.3. The molecule has 1 aromatic carbocycles. The number of ether oxygens (including phenoxy) is 1. The van der Waals surface area contributed by atoms with Gasteiger partial charge < -0.3 is 10.5 Å². The topological polar surface area (TPSA) is 35.2 Å². The summed E-state index contributed by atoms with van der Waals surface area (Å²) in [6, 6.07) is 6.75. The van der Waals surface area contributed by atoms with E-state index in [-0.39, 0.29) is 11.2 Å². The molecule has 0 aliphatic carbocycles. The Morgan fingerprint density at radius 1 is 1.29 bits per heavy atom. The van der Waals surface area contributed by atoms with Crippen LogP contribution >= 0.6 is 0 Å². The maximum Gasteiger partial charge on any atom is 0.123 e. The van der Waals surface area contributed by atoms with Crippen molar-refractivity contribution in [2.45, 2.75) is 25.2 Å². The summed E-state index contributed by atoms with van der Waals surface area (Å²) < 4.78 is 18.4. The summed E-state index contributed by atoms with van der Waals surface area (Å²) in [6.07, 6.45) is 2.07. The third-order valence-electron chi connectivity index (χ3n) is 4.05. The van der Waals surface area contributed by atoms with E-state index >= 15 is 0 Å². The lowest BCUT2D eigenvalue weighted by molar-refractivity contribution is 0.0416. The Bertz CT molecular complexity index is 359. The van der Waals surface area contributed by atoms with E-state index in [0.29, 0.717) is 12.5 Å². The SMILES string of the molecule is CC(CN)(c1ccc(F)cc1)C1CCOCC1. The van der Waals surface area contributed by atoms with Crippen LogP contribution in [0.4, 0.5) is 4.39 Å². The maximum absolute atomic E-state index is 13.0. The molecule has 1 aliphatic heterocycles. The Morgan fingerprint density at radius 2 is 1.88 bits per heavy atom. The van der Waals surface area contributed by atoms with Crippen molar-refractivity contribution in [3.8, 4) is 0 Å². The molecule has 0 aromatic heterocycles. The highest BCUT2D eigenvalue weighted by Crippen LogP contribution is 2.37. The molecule has 3 heteroatoms. The normalized spacial score (nSPS) is 21.1. The minimum Gasteiger partial charge on any atom is -0.381 e. The van der Waals surface area contributed by atoms with Gasteiger partial charge in [0.05, 0.1) is 0 Å². The molecule has 1 heterocycles. The summed E-state index contributed by atoms with van der Waals surface area (Å²) in [5, 5.41) is 0.